The van der Waals surface area contributed by atoms with Gasteiger partial charge in [0.1, 0.15) is 5.75 Å². The van der Waals surface area contributed by atoms with Crippen molar-refractivity contribution >= 4 is 11.6 Å². The number of amides is 1. The van der Waals surface area contributed by atoms with Crippen LogP contribution in [0.4, 0.5) is 5.69 Å². The van der Waals surface area contributed by atoms with Gasteiger partial charge in [0, 0.05) is 18.3 Å². The molecule has 0 spiro atoms. The quantitative estimate of drug-likeness (QED) is 0.835. The number of nitrogens with zero attached hydrogens (tertiary/aromatic N) is 1. The minimum Gasteiger partial charge on any atom is -0.496 e. The standard InChI is InChI=1S/C14H20N2O2/c1-3-11-5-4-8-16(11)14(17)12-9-10(15)6-7-13(12)18-2/h6-7,9,11H,3-5,8,15H2,1-2H3. The Bertz CT molecular complexity index is 445. The van der Waals surface area contributed by atoms with Gasteiger partial charge in [0.2, 0.25) is 0 Å². The molecule has 0 aliphatic carbocycles. The lowest BCUT2D eigenvalue weighted by Gasteiger charge is -2.24. The Kier molecular flexibility index (Phi) is 3.75. The van der Waals surface area contributed by atoms with Crippen LogP contribution in [0.2, 0.25) is 0 Å². The molecule has 1 aromatic carbocycles. The third-order valence-corrected chi connectivity index (χ3v) is 3.56. The van der Waals surface area contributed by atoms with Gasteiger partial charge in [0.05, 0.1) is 12.7 Å². The van der Waals surface area contributed by atoms with Crippen LogP contribution in [-0.2, 0) is 0 Å². The van der Waals surface area contributed by atoms with Gasteiger partial charge in [0.25, 0.3) is 5.91 Å². The number of hydrogen-bond acceptors (Lipinski definition) is 3. The van der Waals surface area contributed by atoms with Crippen molar-refractivity contribution in [3.05, 3.63) is 23.8 Å². The van der Waals surface area contributed by atoms with Gasteiger partial charge < -0.3 is 15.4 Å². The molecule has 0 radical (unpaired) electrons. The number of nitrogens with two attached hydrogens (primary N) is 1. The van der Waals surface area contributed by atoms with Gasteiger partial charge in [0.15, 0.2) is 0 Å². The lowest BCUT2D eigenvalue weighted by molar-refractivity contribution is 0.0730. The first-order chi connectivity index (χ1) is 8.67. The molecule has 0 saturated carbocycles. The molecule has 98 valence electrons. The normalized spacial score (nSPS) is 19.0. The van der Waals surface area contributed by atoms with Crippen LogP contribution in [0.25, 0.3) is 0 Å². The fourth-order valence-electron chi connectivity index (χ4n) is 2.57. The summed E-state index contributed by atoms with van der Waals surface area (Å²) in [6.45, 7) is 2.95. The number of carbonyl (C=O) groups excluding carboxylic acids is 1. The summed E-state index contributed by atoms with van der Waals surface area (Å²) in [7, 11) is 1.57. The lowest BCUT2D eigenvalue weighted by Crippen LogP contribution is -2.35. The topological polar surface area (TPSA) is 55.6 Å². The molecular weight excluding hydrogens is 228 g/mol. The molecule has 2 rings (SSSR count). The molecule has 0 bridgehead atoms. The summed E-state index contributed by atoms with van der Waals surface area (Å²) in [6.07, 6.45) is 3.16. The second-order valence-electron chi connectivity index (χ2n) is 4.66. The molecule has 1 saturated heterocycles. The molecular formula is C14H20N2O2. The highest BCUT2D eigenvalue weighted by molar-refractivity contribution is 5.98. The van der Waals surface area contributed by atoms with Crippen molar-refractivity contribution in [3.63, 3.8) is 0 Å². The van der Waals surface area contributed by atoms with E-state index >= 15 is 0 Å². The molecule has 1 aliphatic rings. The average molecular weight is 248 g/mol. The molecule has 1 amide bonds. The number of hydrogen-bond donors (Lipinski definition) is 1. The highest BCUT2D eigenvalue weighted by atomic mass is 16.5. The molecule has 1 fully saturated rings. The van der Waals surface area contributed by atoms with E-state index in [9.17, 15) is 4.79 Å². The van der Waals surface area contributed by atoms with Crippen LogP contribution in [0, 0.1) is 0 Å². The van der Waals surface area contributed by atoms with Gasteiger partial charge in [-0.3, -0.25) is 4.79 Å². The second-order valence-corrected chi connectivity index (χ2v) is 4.66. The third-order valence-electron chi connectivity index (χ3n) is 3.56. The van der Waals surface area contributed by atoms with E-state index in [-0.39, 0.29) is 5.91 Å². The van der Waals surface area contributed by atoms with Crippen LogP contribution >= 0.6 is 0 Å². The van der Waals surface area contributed by atoms with Crippen LogP contribution in [0.15, 0.2) is 18.2 Å². The van der Waals surface area contributed by atoms with Gasteiger partial charge in [-0.2, -0.15) is 0 Å². The first-order valence-corrected chi connectivity index (χ1v) is 6.41. The smallest absolute Gasteiger partial charge is 0.257 e. The predicted molar refractivity (Wildman–Crippen MR) is 71.8 cm³/mol. The Morgan fingerprint density at radius 1 is 1.56 bits per heavy atom. The molecule has 18 heavy (non-hydrogen) atoms. The summed E-state index contributed by atoms with van der Waals surface area (Å²) in [5.74, 6) is 0.624. The minimum atomic E-state index is 0.0310. The van der Waals surface area contributed by atoms with Crippen LogP contribution in [-0.4, -0.2) is 30.5 Å². The summed E-state index contributed by atoms with van der Waals surface area (Å²) in [5, 5.41) is 0. The molecule has 1 heterocycles. The predicted octanol–water partition coefficient (Wildman–Crippen LogP) is 2.29. The van der Waals surface area contributed by atoms with Crippen molar-refractivity contribution in [2.75, 3.05) is 19.4 Å². The third kappa shape index (κ3) is 2.28. The summed E-state index contributed by atoms with van der Waals surface area (Å²) in [6, 6.07) is 5.55. The maximum atomic E-state index is 12.5. The Morgan fingerprint density at radius 2 is 2.33 bits per heavy atom. The van der Waals surface area contributed by atoms with E-state index in [2.05, 4.69) is 6.92 Å². The number of likely N-dealkylation sites (tertiary alicyclic amines) is 1. The number of rotatable bonds is 3. The van der Waals surface area contributed by atoms with Crippen LogP contribution in [0.1, 0.15) is 36.5 Å². The van der Waals surface area contributed by atoms with Gasteiger partial charge in [-0.15, -0.1) is 0 Å². The summed E-state index contributed by atoms with van der Waals surface area (Å²) < 4.78 is 5.25. The van der Waals surface area contributed by atoms with Crippen molar-refractivity contribution in [3.8, 4) is 5.75 Å². The zero-order chi connectivity index (χ0) is 13.1. The highest BCUT2D eigenvalue weighted by Crippen LogP contribution is 2.27. The summed E-state index contributed by atoms with van der Waals surface area (Å²) in [5.41, 5.74) is 6.92. The molecule has 0 aromatic heterocycles. The number of methoxy groups -OCH3 is 1. The van der Waals surface area contributed by atoms with E-state index in [4.69, 9.17) is 10.5 Å². The maximum Gasteiger partial charge on any atom is 0.257 e. The van der Waals surface area contributed by atoms with Crippen molar-refractivity contribution in [2.45, 2.75) is 32.2 Å². The van der Waals surface area contributed by atoms with Crippen LogP contribution in [0.5, 0.6) is 5.75 Å². The van der Waals surface area contributed by atoms with Crippen molar-refractivity contribution in [2.24, 2.45) is 0 Å². The van der Waals surface area contributed by atoms with Crippen LogP contribution < -0.4 is 10.5 Å². The van der Waals surface area contributed by atoms with Crippen molar-refractivity contribution in [1.82, 2.24) is 4.90 Å². The van der Waals surface area contributed by atoms with Gasteiger partial charge in [-0.1, -0.05) is 6.92 Å². The van der Waals surface area contributed by atoms with Gasteiger partial charge in [-0.25, -0.2) is 0 Å². The maximum absolute atomic E-state index is 12.5. The molecule has 1 aromatic rings. The first kappa shape index (κ1) is 12.7. The zero-order valence-corrected chi connectivity index (χ0v) is 11.0. The Labute approximate surface area is 108 Å². The number of anilines is 1. The molecule has 1 aliphatic heterocycles. The summed E-state index contributed by atoms with van der Waals surface area (Å²) in [4.78, 5) is 14.5. The highest BCUT2D eigenvalue weighted by Gasteiger charge is 2.29. The number of benzene rings is 1. The lowest BCUT2D eigenvalue weighted by atomic mass is 10.1. The Hall–Kier alpha value is -1.71. The zero-order valence-electron chi connectivity index (χ0n) is 11.0. The van der Waals surface area contributed by atoms with E-state index in [1.54, 1.807) is 25.3 Å². The molecule has 1 unspecified atom stereocenters. The summed E-state index contributed by atoms with van der Waals surface area (Å²) >= 11 is 0. The van der Waals surface area contributed by atoms with E-state index in [0.29, 0.717) is 23.0 Å². The number of nitrogen functional groups attached to an aromatic ring is 1. The molecule has 1 atom stereocenters. The first-order valence-electron chi connectivity index (χ1n) is 6.41. The van der Waals surface area contributed by atoms with Gasteiger partial charge >= 0.3 is 0 Å². The molecule has 4 nitrogen and oxygen atoms in total. The Balaban J connectivity index is 2.30. The second kappa shape index (κ2) is 5.29. The number of carbonyl (C=O) groups is 1. The largest absolute Gasteiger partial charge is 0.496 e. The molecule has 4 heteroatoms. The van der Waals surface area contributed by atoms with E-state index in [0.717, 1.165) is 25.8 Å². The fraction of sp³-hybridized carbons (Fsp3) is 0.500. The number of ether oxygens (including phenoxy) is 1. The minimum absolute atomic E-state index is 0.0310. The van der Waals surface area contributed by atoms with Crippen molar-refractivity contribution in [1.29, 1.82) is 0 Å². The molecule has 2 N–H and O–H groups in total. The monoisotopic (exact) mass is 248 g/mol. The van der Waals surface area contributed by atoms with E-state index in [1.165, 1.54) is 0 Å². The van der Waals surface area contributed by atoms with Gasteiger partial charge in [-0.05, 0) is 37.5 Å². The van der Waals surface area contributed by atoms with E-state index in [1.807, 2.05) is 4.90 Å². The van der Waals surface area contributed by atoms with Crippen molar-refractivity contribution < 1.29 is 9.53 Å². The SMILES string of the molecule is CCC1CCCN1C(=O)c1cc(N)ccc1OC. The fourth-order valence-corrected chi connectivity index (χ4v) is 2.57. The van der Waals surface area contributed by atoms with E-state index < -0.39 is 0 Å². The average Bonchev–Trinajstić information content (AvgIpc) is 2.86. The Morgan fingerprint density at radius 3 is 3.00 bits per heavy atom. The van der Waals surface area contributed by atoms with Crippen LogP contribution in [0.3, 0.4) is 0 Å².